The maximum atomic E-state index is 11.3. The fourth-order valence-electron chi connectivity index (χ4n) is 1.16. The minimum absolute atomic E-state index is 0.0830. The molecule has 0 aliphatic heterocycles. The molecule has 0 atom stereocenters. The van der Waals surface area contributed by atoms with Crippen LogP contribution in [0.5, 0.6) is 0 Å². The van der Waals surface area contributed by atoms with Gasteiger partial charge in [0.1, 0.15) is 5.78 Å². The van der Waals surface area contributed by atoms with Gasteiger partial charge in [-0.15, -0.1) is 0 Å². The average molecular weight is 270 g/mol. The molecule has 1 aromatic carbocycles. The molecule has 0 saturated carbocycles. The molecule has 0 fully saturated rings. The Kier molecular flexibility index (Phi) is 4.03. The summed E-state index contributed by atoms with van der Waals surface area (Å²) in [5.41, 5.74) is 1.75. The number of nitrogens with one attached hydrogen (secondary N) is 1. The van der Waals surface area contributed by atoms with Gasteiger partial charge in [0.25, 0.3) is 0 Å². The van der Waals surface area contributed by atoms with Gasteiger partial charge >= 0.3 is 0 Å². The van der Waals surface area contributed by atoms with Crippen LogP contribution in [0.1, 0.15) is 18.9 Å². The molecule has 0 aliphatic rings. The molecule has 1 rings (SSSR count). The first-order valence-corrected chi connectivity index (χ1v) is 5.34. The van der Waals surface area contributed by atoms with Gasteiger partial charge in [0.05, 0.1) is 12.1 Å². The molecule has 4 heteroatoms. The molecule has 0 bridgehead atoms. The summed E-state index contributed by atoms with van der Waals surface area (Å²) in [6.45, 7) is 3.33. The quantitative estimate of drug-likeness (QED) is 0.858. The third-order valence-corrected chi connectivity index (χ3v) is 2.50. The van der Waals surface area contributed by atoms with Crippen LogP contribution in [0, 0.1) is 6.92 Å². The molecule has 0 saturated heterocycles. The van der Waals surface area contributed by atoms with Gasteiger partial charge in [-0.1, -0.05) is 6.07 Å². The van der Waals surface area contributed by atoms with Crippen LogP contribution in [-0.2, 0) is 9.59 Å². The molecule has 0 heterocycles. The van der Waals surface area contributed by atoms with E-state index in [0.717, 1.165) is 10.0 Å². The molecule has 3 nitrogen and oxygen atoms in total. The van der Waals surface area contributed by atoms with Crippen molar-refractivity contribution in [1.82, 2.24) is 0 Å². The van der Waals surface area contributed by atoms with Crippen LogP contribution in [0.3, 0.4) is 0 Å². The molecule has 1 aromatic rings. The second-order valence-corrected chi connectivity index (χ2v) is 4.26. The Morgan fingerprint density at radius 3 is 2.67 bits per heavy atom. The largest absolute Gasteiger partial charge is 0.325 e. The van der Waals surface area contributed by atoms with Gasteiger partial charge < -0.3 is 5.32 Å². The van der Waals surface area contributed by atoms with Crippen LogP contribution < -0.4 is 5.32 Å². The second kappa shape index (κ2) is 5.07. The standard InChI is InChI=1S/C11H12BrNO2/c1-7-3-4-9(12)10(5-7)13-11(15)6-8(2)14/h3-5H,6H2,1-2H3,(H,13,15). The number of ketones is 1. The Morgan fingerprint density at radius 2 is 2.07 bits per heavy atom. The monoisotopic (exact) mass is 269 g/mol. The lowest BCUT2D eigenvalue weighted by Gasteiger charge is -2.07. The SMILES string of the molecule is CC(=O)CC(=O)Nc1cc(C)ccc1Br. The lowest BCUT2D eigenvalue weighted by atomic mass is 10.2. The zero-order chi connectivity index (χ0) is 11.4. The third kappa shape index (κ3) is 3.83. The van der Waals surface area contributed by atoms with Crippen LogP contribution in [0.2, 0.25) is 0 Å². The van der Waals surface area contributed by atoms with Crippen LogP contribution in [-0.4, -0.2) is 11.7 Å². The van der Waals surface area contributed by atoms with Crippen LogP contribution >= 0.6 is 15.9 Å². The minimum Gasteiger partial charge on any atom is -0.325 e. The number of halogens is 1. The fourth-order valence-corrected chi connectivity index (χ4v) is 1.50. The van der Waals surface area contributed by atoms with Gasteiger partial charge in [-0.05, 0) is 47.5 Å². The van der Waals surface area contributed by atoms with E-state index in [1.807, 2.05) is 25.1 Å². The number of Topliss-reactive ketones (excluding diaryl/α,β-unsaturated/α-hetero) is 1. The lowest BCUT2D eigenvalue weighted by Crippen LogP contribution is -2.15. The summed E-state index contributed by atoms with van der Waals surface area (Å²) in [5.74, 6) is -0.426. The summed E-state index contributed by atoms with van der Waals surface area (Å²) in [6, 6.07) is 5.64. The number of hydrogen-bond acceptors (Lipinski definition) is 2. The van der Waals surface area contributed by atoms with Gasteiger partial charge in [-0.3, -0.25) is 9.59 Å². The lowest BCUT2D eigenvalue weighted by molar-refractivity contribution is -0.124. The zero-order valence-electron chi connectivity index (χ0n) is 8.63. The molecule has 0 radical (unpaired) electrons. The summed E-state index contributed by atoms with van der Waals surface area (Å²) in [7, 11) is 0. The summed E-state index contributed by atoms with van der Waals surface area (Å²) in [5, 5.41) is 2.68. The summed E-state index contributed by atoms with van der Waals surface area (Å²) >= 11 is 3.33. The molecule has 15 heavy (non-hydrogen) atoms. The molecule has 1 amide bonds. The van der Waals surface area contributed by atoms with E-state index < -0.39 is 0 Å². The van der Waals surface area contributed by atoms with Crippen molar-refractivity contribution >= 4 is 33.3 Å². The topological polar surface area (TPSA) is 46.2 Å². The van der Waals surface area contributed by atoms with E-state index in [2.05, 4.69) is 21.2 Å². The highest BCUT2D eigenvalue weighted by Crippen LogP contribution is 2.23. The second-order valence-electron chi connectivity index (χ2n) is 3.41. The average Bonchev–Trinajstić information content (AvgIpc) is 2.10. The number of hydrogen-bond donors (Lipinski definition) is 1. The van der Waals surface area contributed by atoms with Crippen molar-refractivity contribution in [3.8, 4) is 0 Å². The normalized spacial score (nSPS) is 9.80. The summed E-state index contributed by atoms with van der Waals surface area (Å²) in [4.78, 5) is 22.1. The van der Waals surface area contributed by atoms with Gasteiger partial charge in [-0.25, -0.2) is 0 Å². The first-order valence-electron chi connectivity index (χ1n) is 4.54. The fraction of sp³-hybridized carbons (Fsp3) is 0.273. The predicted molar refractivity (Wildman–Crippen MR) is 62.8 cm³/mol. The number of carbonyl (C=O) groups is 2. The Bertz CT molecular complexity index is 402. The van der Waals surface area contributed by atoms with Gasteiger partial charge in [0.2, 0.25) is 5.91 Å². The predicted octanol–water partition coefficient (Wildman–Crippen LogP) is 2.68. The number of aryl methyl sites for hydroxylation is 1. The summed E-state index contributed by atoms with van der Waals surface area (Å²) < 4.78 is 0.810. The van der Waals surface area contributed by atoms with E-state index >= 15 is 0 Å². The van der Waals surface area contributed by atoms with Crippen molar-refractivity contribution in [3.63, 3.8) is 0 Å². The van der Waals surface area contributed by atoms with Gasteiger partial charge in [-0.2, -0.15) is 0 Å². The van der Waals surface area contributed by atoms with Crippen molar-refractivity contribution in [3.05, 3.63) is 28.2 Å². The highest BCUT2D eigenvalue weighted by Gasteiger charge is 2.07. The number of rotatable bonds is 3. The Morgan fingerprint density at radius 1 is 1.40 bits per heavy atom. The Balaban J connectivity index is 2.76. The van der Waals surface area contributed by atoms with Gasteiger partial charge in [0.15, 0.2) is 0 Å². The molecule has 1 N–H and O–H groups in total. The van der Waals surface area contributed by atoms with Crippen LogP contribution in [0.4, 0.5) is 5.69 Å². The van der Waals surface area contributed by atoms with Crippen molar-refractivity contribution in [2.24, 2.45) is 0 Å². The molecular formula is C11H12BrNO2. The van der Waals surface area contributed by atoms with E-state index in [1.54, 1.807) is 0 Å². The maximum Gasteiger partial charge on any atom is 0.231 e. The van der Waals surface area contributed by atoms with E-state index in [9.17, 15) is 9.59 Å². The van der Waals surface area contributed by atoms with Crippen molar-refractivity contribution < 1.29 is 9.59 Å². The molecular weight excluding hydrogens is 258 g/mol. The zero-order valence-corrected chi connectivity index (χ0v) is 10.2. The summed E-state index contributed by atoms with van der Waals surface area (Å²) in [6.07, 6.45) is -0.0830. The van der Waals surface area contributed by atoms with E-state index in [-0.39, 0.29) is 18.1 Å². The molecule has 0 unspecified atom stereocenters. The van der Waals surface area contributed by atoms with Crippen molar-refractivity contribution in [2.45, 2.75) is 20.3 Å². The molecule has 0 spiro atoms. The van der Waals surface area contributed by atoms with E-state index in [1.165, 1.54) is 6.92 Å². The Labute approximate surface area is 97.0 Å². The Hall–Kier alpha value is -1.16. The smallest absolute Gasteiger partial charge is 0.231 e. The van der Waals surface area contributed by atoms with E-state index in [0.29, 0.717) is 5.69 Å². The maximum absolute atomic E-state index is 11.3. The van der Waals surface area contributed by atoms with E-state index in [4.69, 9.17) is 0 Å². The first-order chi connectivity index (χ1) is 6.99. The van der Waals surface area contributed by atoms with Gasteiger partial charge in [0, 0.05) is 4.47 Å². The van der Waals surface area contributed by atoms with Crippen LogP contribution in [0.15, 0.2) is 22.7 Å². The van der Waals surface area contributed by atoms with Crippen LogP contribution in [0.25, 0.3) is 0 Å². The first kappa shape index (κ1) is 11.9. The number of amides is 1. The van der Waals surface area contributed by atoms with Crippen molar-refractivity contribution in [1.29, 1.82) is 0 Å². The number of carbonyl (C=O) groups excluding carboxylic acids is 2. The number of anilines is 1. The number of benzene rings is 1. The molecule has 80 valence electrons. The third-order valence-electron chi connectivity index (χ3n) is 1.81. The van der Waals surface area contributed by atoms with Crippen molar-refractivity contribution in [2.75, 3.05) is 5.32 Å². The highest BCUT2D eigenvalue weighted by molar-refractivity contribution is 9.10. The molecule has 0 aromatic heterocycles. The molecule has 0 aliphatic carbocycles. The minimum atomic E-state index is -0.284. The highest BCUT2D eigenvalue weighted by atomic mass is 79.9.